The number of hydrogen-bond donors (Lipinski definition) is 2. The van der Waals surface area contributed by atoms with Gasteiger partial charge < -0.3 is 15.0 Å². The van der Waals surface area contributed by atoms with Crippen LogP contribution in [0.3, 0.4) is 0 Å². The van der Waals surface area contributed by atoms with Gasteiger partial charge in [0.25, 0.3) is 5.91 Å². The van der Waals surface area contributed by atoms with E-state index < -0.39 is 0 Å². The quantitative estimate of drug-likeness (QED) is 0.617. The van der Waals surface area contributed by atoms with Crippen LogP contribution in [0.5, 0.6) is 0 Å². The molecular formula is C15H16N4O2. The summed E-state index contributed by atoms with van der Waals surface area (Å²) >= 11 is 0. The summed E-state index contributed by atoms with van der Waals surface area (Å²) in [5.41, 5.74) is 0.979. The van der Waals surface area contributed by atoms with Gasteiger partial charge in [-0.05, 0) is 12.5 Å². The first kappa shape index (κ1) is 14.8. The van der Waals surface area contributed by atoms with Crippen LogP contribution in [0.25, 0.3) is 0 Å². The van der Waals surface area contributed by atoms with Crippen molar-refractivity contribution >= 4 is 5.91 Å². The van der Waals surface area contributed by atoms with Crippen LogP contribution in [-0.2, 0) is 6.54 Å². The molecule has 0 unspecified atom stereocenters. The van der Waals surface area contributed by atoms with Crippen molar-refractivity contribution in [3.63, 3.8) is 0 Å². The lowest BCUT2D eigenvalue weighted by Gasteiger charge is -2.07. The van der Waals surface area contributed by atoms with Crippen molar-refractivity contribution < 1.29 is 9.90 Å². The van der Waals surface area contributed by atoms with E-state index in [0.29, 0.717) is 17.7 Å². The van der Waals surface area contributed by atoms with Crippen molar-refractivity contribution in [3.05, 3.63) is 48.3 Å². The molecule has 2 aromatic heterocycles. The van der Waals surface area contributed by atoms with E-state index >= 15 is 0 Å². The van der Waals surface area contributed by atoms with Crippen LogP contribution in [0.15, 0.2) is 37.2 Å². The van der Waals surface area contributed by atoms with Crippen LogP contribution in [0.4, 0.5) is 0 Å². The number of imidazole rings is 1. The molecule has 0 fully saturated rings. The van der Waals surface area contributed by atoms with E-state index in [1.807, 2.05) is 10.8 Å². The monoisotopic (exact) mass is 284 g/mol. The van der Waals surface area contributed by atoms with Crippen molar-refractivity contribution in [2.24, 2.45) is 0 Å². The molecule has 21 heavy (non-hydrogen) atoms. The summed E-state index contributed by atoms with van der Waals surface area (Å²) in [6.45, 7) is 1.11. The Bertz CT molecular complexity index is 641. The van der Waals surface area contributed by atoms with Gasteiger partial charge in [-0.3, -0.25) is 9.78 Å². The molecule has 2 heterocycles. The second-order valence-electron chi connectivity index (χ2n) is 4.29. The lowest BCUT2D eigenvalue weighted by atomic mass is 10.1. The summed E-state index contributed by atoms with van der Waals surface area (Å²) in [6, 6.07) is 1.62. The van der Waals surface area contributed by atoms with Gasteiger partial charge in [0.15, 0.2) is 0 Å². The third-order valence-corrected chi connectivity index (χ3v) is 2.81. The number of aryl methyl sites for hydroxylation is 1. The molecule has 0 aliphatic rings. The highest BCUT2D eigenvalue weighted by molar-refractivity contribution is 5.96. The van der Waals surface area contributed by atoms with Gasteiger partial charge in [0.05, 0.1) is 17.5 Å². The Morgan fingerprint density at radius 1 is 1.38 bits per heavy atom. The normalized spacial score (nSPS) is 9.76. The average Bonchev–Trinajstić information content (AvgIpc) is 3.03. The molecule has 6 nitrogen and oxygen atoms in total. The number of rotatable bonds is 5. The molecule has 0 aliphatic heterocycles. The van der Waals surface area contributed by atoms with Gasteiger partial charge in [0, 0.05) is 37.9 Å². The van der Waals surface area contributed by atoms with E-state index in [2.05, 4.69) is 27.1 Å². The molecule has 6 heteroatoms. The Morgan fingerprint density at radius 3 is 3.05 bits per heavy atom. The number of carbonyl (C=O) groups excluding carboxylic acids is 1. The lowest BCUT2D eigenvalue weighted by molar-refractivity contribution is 0.0952. The number of aliphatic hydroxyl groups is 1. The van der Waals surface area contributed by atoms with Gasteiger partial charge in [-0.15, -0.1) is 0 Å². The SMILES string of the molecule is O=C(NCCCn1ccnc1)c1ccncc1C#CCO. The molecule has 2 aromatic rings. The Labute approximate surface area is 122 Å². The second-order valence-corrected chi connectivity index (χ2v) is 4.29. The highest BCUT2D eigenvalue weighted by Crippen LogP contribution is 2.05. The number of hydrogen-bond acceptors (Lipinski definition) is 4. The highest BCUT2D eigenvalue weighted by Gasteiger charge is 2.09. The Morgan fingerprint density at radius 2 is 2.29 bits per heavy atom. The van der Waals surface area contributed by atoms with Crippen LogP contribution in [0, 0.1) is 11.8 Å². The Balaban J connectivity index is 1.88. The zero-order chi connectivity index (χ0) is 14.9. The standard InChI is InChI=1S/C15H16N4O2/c20-10-1-3-13-11-16-6-4-14(13)15(21)18-5-2-8-19-9-7-17-12-19/h4,6-7,9,11-12,20H,2,5,8,10H2,(H,18,21). The van der Waals surface area contributed by atoms with Gasteiger partial charge in [0.2, 0.25) is 0 Å². The number of carbonyl (C=O) groups is 1. The van der Waals surface area contributed by atoms with E-state index in [1.54, 1.807) is 24.8 Å². The van der Waals surface area contributed by atoms with Gasteiger partial charge in [0.1, 0.15) is 6.61 Å². The summed E-state index contributed by atoms with van der Waals surface area (Å²) in [5.74, 6) is 5.05. The minimum Gasteiger partial charge on any atom is -0.384 e. The maximum atomic E-state index is 12.1. The van der Waals surface area contributed by atoms with Crippen molar-refractivity contribution in [1.82, 2.24) is 19.9 Å². The number of aromatic nitrogens is 3. The first-order valence-electron chi connectivity index (χ1n) is 6.59. The number of aliphatic hydroxyl groups excluding tert-OH is 1. The molecule has 0 bridgehead atoms. The van der Waals surface area contributed by atoms with Crippen LogP contribution >= 0.6 is 0 Å². The average molecular weight is 284 g/mol. The zero-order valence-corrected chi connectivity index (χ0v) is 11.5. The first-order valence-corrected chi connectivity index (χ1v) is 6.59. The fourth-order valence-electron chi connectivity index (χ4n) is 1.80. The van der Waals surface area contributed by atoms with Gasteiger partial charge in [-0.2, -0.15) is 0 Å². The second kappa shape index (κ2) is 7.82. The minimum absolute atomic E-state index is 0.190. The van der Waals surface area contributed by atoms with Crippen molar-refractivity contribution in [2.45, 2.75) is 13.0 Å². The van der Waals surface area contributed by atoms with E-state index in [9.17, 15) is 4.79 Å². The summed E-state index contributed by atoms with van der Waals surface area (Å²) in [5, 5.41) is 11.6. The van der Waals surface area contributed by atoms with Gasteiger partial charge in [-0.25, -0.2) is 4.98 Å². The maximum absolute atomic E-state index is 12.1. The molecular weight excluding hydrogens is 268 g/mol. The van der Waals surface area contributed by atoms with Crippen molar-refractivity contribution in [1.29, 1.82) is 0 Å². The lowest BCUT2D eigenvalue weighted by Crippen LogP contribution is -2.26. The van der Waals surface area contributed by atoms with Crippen LogP contribution in [0.2, 0.25) is 0 Å². The molecule has 0 atom stereocenters. The molecule has 0 spiro atoms. The Kier molecular flexibility index (Phi) is 5.50. The van der Waals surface area contributed by atoms with Crippen LogP contribution in [-0.4, -0.2) is 38.7 Å². The Hall–Kier alpha value is -2.65. The van der Waals surface area contributed by atoms with E-state index in [4.69, 9.17) is 5.11 Å². The number of amides is 1. The van der Waals surface area contributed by atoms with Gasteiger partial charge in [-0.1, -0.05) is 11.8 Å². The molecule has 0 radical (unpaired) electrons. The van der Waals surface area contributed by atoms with Crippen LogP contribution in [0.1, 0.15) is 22.3 Å². The third kappa shape index (κ3) is 4.44. The molecule has 2 rings (SSSR count). The van der Waals surface area contributed by atoms with E-state index in [0.717, 1.165) is 13.0 Å². The maximum Gasteiger partial charge on any atom is 0.252 e. The minimum atomic E-state index is -0.249. The number of nitrogens with one attached hydrogen (secondary N) is 1. The molecule has 1 amide bonds. The van der Waals surface area contributed by atoms with Gasteiger partial charge >= 0.3 is 0 Å². The van der Waals surface area contributed by atoms with Crippen molar-refractivity contribution in [2.75, 3.05) is 13.2 Å². The van der Waals surface area contributed by atoms with Crippen LogP contribution < -0.4 is 5.32 Å². The third-order valence-electron chi connectivity index (χ3n) is 2.81. The fourth-order valence-corrected chi connectivity index (χ4v) is 1.80. The fraction of sp³-hybridized carbons (Fsp3) is 0.267. The largest absolute Gasteiger partial charge is 0.384 e. The molecule has 0 aromatic carbocycles. The molecule has 0 aliphatic carbocycles. The molecule has 0 saturated heterocycles. The smallest absolute Gasteiger partial charge is 0.252 e. The molecule has 0 saturated carbocycles. The summed E-state index contributed by atoms with van der Waals surface area (Å²) in [7, 11) is 0. The summed E-state index contributed by atoms with van der Waals surface area (Å²) in [4.78, 5) is 20.0. The predicted octanol–water partition coefficient (Wildman–Crippen LogP) is 0.442. The number of pyridine rings is 1. The molecule has 2 N–H and O–H groups in total. The molecule has 108 valence electrons. The van der Waals surface area contributed by atoms with E-state index in [-0.39, 0.29) is 12.5 Å². The topological polar surface area (TPSA) is 80.0 Å². The van der Waals surface area contributed by atoms with Crippen molar-refractivity contribution in [3.8, 4) is 11.8 Å². The summed E-state index contributed by atoms with van der Waals surface area (Å²) in [6.07, 6.45) is 9.22. The number of nitrogens with zero attached hydrogens (tertiary/aromatic N) is 3. The summed E-state index contributed by atoms with van der Waals surface area (Å²) < 4.78 is 1.96. The predicted molar refractivity (Wildman–Crippen MR) is 77.4 cm³/mol. The highest BCUT2D eigenvalue weighted by atomic mass is 16.2. The first-order chi connectivity index (χ1) is 10.3. The zero-order valence-electron chi connectivity index (χ0n) is 11.5. The van der Waals surface area contributed by atoms with E-state index in [1.165, 1.54) is 6.20 Å².